The molecule has 0 aliphatic heterocycles. The number of hydroxylamine groups is 1. The van der Waals surface area contributed by atoms with Crippen LogP contribution in [0.5, 0.6) is 11.5 Å². The summed E-state index contributed by atoms with van der Waals surface area (Å²) in [4.78, 5) is 10.9. The molecule has 27 heavy (non-hydrogen) atoms. The first-order valence-electron chi connectivity index (χ1n) is 7.35. The Kier molecular flexibility index (Phi) is 5.78. The van der Waals surface area contributed by atoms with E-state index in [1.165, 1.54) is 12.1 Å². The molecule has 2 aromatic carbocycles. The smallest absolute Gasteiger partial charge is 0.416 e. The number of hydrogen-bond donors (Lipinski definition) is 3. The predicted octanol–water partition coefficient (Wildman–Crippen LogP) is 2.02. The molecule has 0 aromatic heterocycles. The number of alkyl halides is 3. The number of sulfone groups is 1. The third-order valence-corrected chi connectivity index (χ3v) is 5.42. The second kappa shape index (κ2) is 7.55. The largest absolute Gasteiger partial charge is 0.457 e. The standard InChI is InChI=1S/C16H15F3N2O5S/c17-16(18,19)15(20,14(22)21-23)10-27(24,25)13-8-6-12(7-9-13)26-11-4-2-1-3-5-11/h1-9,23H,10,20H2,(H,21,22)/t15-/m1/s1. The van der Waals surface area contributed by atoms with Crippen molar-refractivity contribution in [2.24, 2.45) is 5.73 Å². The van der Waals surface area contributed by atoms with Crippen LogP contribution in [0.15, 0.2) is 59.5 Å². The molecule has 11 heteroatoms. The van der Waals surface area contributed by atoms with E-state index in [1.54, 1.807) is 30.3 Å². The fourth-order valence-electron chi connectivity index (χ4n) is 2.10. The van der Waals surface area contributed by atoms with Crippen molar-refractivity contribution < 1.29 is 36.3 Å². The number of halogens is 3. The molecule has 0 unspecified atom stereocenters. The van der Waals surface area contributed by atoms with E-state index in [1.807, 2.05) is 0 Å². The summed E-state index contributed by atoms with van der Waals surface area (Å²) < 4.78 is 69.4. The molecule has 1 atom stereocenters. The van der Waals surface area contributed by atoms with E-state index in [9.17, 15) is 26.4 Å². The van der Waals surface area contributed by atoms with Crippen LogP contribution in [-0.2, 0) is 14.6 Å². The van der Waals surface area contributed by atoms with E-state index in [0.717, 1.165) is 17.6 Å². The molecule has 0 saturated heterocycles. The molecular weight excluding hydrogens is 389 g/mol. The van der Waals surface area contributed by atoms with E-state index in [2.05, 4.69) is 0 Å². The van der Waals surface area contributed by atoms with Gasteiger partial charge in [-0.3, -0.25) is 10.0 Å². The maximum atomic E-state index is 13.1. The second-order valence-electron chi connectivity index (χ2n) is 5.56. The molecule has 1 amide bonds. The normalized spacial score (nSPS) is 14.3. The number of hydrogen-bond acceptors (Lipinski definition) is 6. The molecule has 0 radical (unpaired) electrons. The first-order valence-corrected chi connectivity index (χ1v) is 9.01. The summed E-state index contributed by atoms with van der Waals surface area (Å²) in [6, 6.07) is 13.1. The zero-order chi connectivity index (χ0) is 20.3. The molecule has 146 valence electrons. The van der Waals surface area contributed by atoms with Gasteiger partial charge in [0.15, 0.2) is 9.84 Å². The fraction of sp³-hybridized carbons (Fsp3) is 0.188. The van der Waals surface area contributed by atoms with Gasteiger partial charge in [0, 0.05) is 0 Å². The topological polar surface area (TPSA) is 119 Å². The van der Waals surface area contributed by atoms with E-state index in [4.69, 9.17) is 15.7 Å². The van der Waals surface area contributed by atoms with Crippen LogP contribution in [0, 0.1) is 0 Å². The Hall–Kier alpha value is -2.63. The molecular formula is C16H15F3N2O5S. The zero-order valence-electron chi connectivity index (χ0n) is 13.6. The third kappa shape index (κ3) is 4.56. The highest BCUT2D eigenvalue weighted by Gasteiger charge is 2.60. The van der Waals surface area contributed by atoms with E-state index in [-0.39, 0.29) is 5.75 Å². The van der Waals surface area contributed by atoms with Gasteiger partial charge in [-0.2, -0.15) is 13.2 Å². The number of benzene rings is 2. The van der Waals surface area contributed by atoms with Gasteiger partial charge in [-0.15, -0.1) is 0 Å². The first-order chi connectivity index (χ1) is 12.5. The lowest BCUT2D eigenvalue weighted by atomic mass is 10.0. The van der Waals surface area contributed by atoms with Crippen molar-refractivity contribution in [3.63, 3.8) is 0 Å². The van der Waals surface area contributed by atoms with Crippen LogP contribution in [0.4, 0.5) is 13.2 Å². The minimum Gasteiger partial charge on any atom is -0.457 e. The van der Waals surface area contributed by atoms with Gasteiger partial charge in [0.05, 0.1) is 10.6 Å². The van der Waals surface area contributed by atoms with Gasteiger partial charge >= 0.3 is 6.18 Å². The quantitative estimate of drug-likeness (QED) is 0.501. The van der Waals surface area contributed by atoms with Crippen molar-refractivity contribution >= 4 is 15.7 Å². The first kappa shape index (κ1) is 20.7. The maximum Gasteiger partial charge on any atom is 0.416 e. The lowest BCUT2D eigenvalue weighted by Gasteiger charge is -2.28. The number of carbonyl (C=O) groups excluding carboxylic acids is 1. The average Bonchev–Trinajstić information content (AvgIpc) is 2.61. The summed E-state index contributed by atoms with van der Waals surface area (Å²) >= 11 is 0. The fourth-order valence-corrected chi connectivity index (χ4v) is 3.71. The molecule has 0 heterocycles. The monoisotopic (exact) mass is 404 g/mol. The lowest BCUT2D eigenvalue weighted by Crippen LogP contribution is -2.66. The van der Waals surface area contributed by atoms with Crippen LogP contribution < -0.4 is 16.0 Å². The Labute approximate surface area is 152 Å². The van der Waals surface area contributed by atoms with Gasteiger partial charge in [0.2, 0.25) is 5.54 Å². The summed E-state index contributed by atoms with van der Waals surface area (Å²) in [5, 5.41) is 8.49. The molecule has 0 aliphatic rings. The minimum atomic E-state index is -5.41. The van der Waals surface area contributed by atoms with Crippen molar-refractivity contribution in [2.45, 2.75) is 16.6 Å². The molecule has 7 nitrogen and oxygen atoms in total. The van der Waals surface area contributed by atoms with Crippen LogP contribution in [-0.4, -0.2) is 37.0 Å². The van der Waals surface area contributed by atoms with E-state index < -0.39 is 38.1 Å². The number of nitrogens with two attached hydrogens (primary N) is 1. The van der Waals surface area contributed by atoms with Gasteiger partial charge in [0.1, 0.15) is 11.5 Å². The van der Waals surface area contributed by atoms with Crippen LogP contribution in [0.1, 0.15) is 0 Å². The maximum absolute atomic E-state index is 13.1. The summed E-state index contributed by atoms with van der Waals surface area (Å²) in [7, 11) is -4.62. The zero-order valence-corrected chi connectivity index (χ0v) is 14.4. The highest BCUT2D eigenvalue weighted by molar-refractivity contribution is 7.91. The number of ether oxygens (including phenoxy) is 1. The molecule has 2 aromatic rings. The predicted molar refractivity (Wildman–Crippen MR) is 87.9 cm³/mol. The van der Waals surface area contributed by atoms with Crippen LogP contribution in [0.25, 0.3) is 0 Å². The lowest BCUT2D eigenvalue weighted by molar-refractivity contribution is -0.191. The minimum absolute atomic E-state index is 0.253. The summed E-state index contributed by atoms with van der Waals surface area (Å²) in [5.41, 5.74) is 1.92. The van der Waals surface area contributed by atoms with E-state index in [0.29, 0.717) is 5.75 Å². The van der Waals surface area contributed by atoms with Crippen molar-refractivity contribution in [3.8, 4) is 11.5 Å². The molecule has 4 N–H and O–H groups in total. The van der Waals surface area contributed by atoms with Crippen molar-refractivity contribution in [1.29, 1.82) is 0 Å². The SMILES string of the molecule is N[C@](CS(=O)(=O)c1ccc(Oc2ccccc2)cc1)(C(=O)NO)C(F)(F)F. The van der Waals surface area contributed by atoms with Gasteiger partial charge in [0.25, 0.3) is 5.91 Å². The molecule has 0 fully saturated rings. The molecule has 0 aliphatic carbocycles. The van der Waals surface area contributed by atoms with Crippen molar-refractivity contribution in [3.05, 3.63) is 54.6 Å². The van der Waals surface area contributed by atoms with Gasteiger partial charge in [-0.05, 0) is 36.4 Å². The Balaban J connectivity index is 2.26. The third-order valence-electron chi connectivity index (χ3n) is 3.59. The molecule has 2 rings (SSSR count). The van der Waals surface area contributed by atoms with Crippen molar-refractivity contribution in [2.75, 3.05) is 5.75 Å². The molecule has 0 bridgehead atoms. The van der Waals surface area contributed by atoms with Crippen LogP contribution in [0.3, 0.4) is 0 Å². The van der Waals surface area contributed by atoms with Crippen molar-refractivity contribution in [1.82, 2.24) is 5.48 Å². The summed E-state index contributed by atoms with van der Waals surface area (Å²) in [5.74, 6) is -3.13. The Morgan fingerprint density at radius 3 is 2.04 bits per heavy atom. The van der Waals surface area contributed by atoms with Gasteiger partial charge < -0.3 is 10.5 Å². The highest BCUT2D eigenvalue weighted by atomic mass is 32.2. The Morgan fingerprint density at radius 2 is 1.56 bits per heavy atom. The average molecular weight is 404 g/mol. The summed E-state index contributed by atoms with van der Waals surface area (Å²) in [6.45, 7) is 0. The molecule has 0 saturated carbocycles. The number of para-hydroxylation sites is 1. The number of amides is 1. The molecule has 0 spiro atoms. The Morgan fingerprint density at radius 1 is 1.04 bits per heavy atom. The number of carbonyl (C=O) groups is 1. The second-order valence-corrected chi connectivity index (χ2v) is 7.55. The summed E-state index contributed by atoms with van der Waals surface area (Å²) in [6.07, 6.45) is -5.41. The van der Waals surface area contributed by atoms with Crippen LogP contribution >= 0.6 is 0 Å². The number of nitrogens with one attached hydrogen (secondary N) is 1. The Bertz CT molecular complexity index is 902. The van der Waals surface area contributed by atoms with Crippen LogP contribution in [0.2, 0.25) is 0 Å². The number of rotatable bonds is 6. The van der Waals surface area contributed by atoms with Gasteiger partial charge in [-0.25, -0.2) is 13.9 Å². The van der Waals surface area contributed by atoms with E-state index >= 15 is 0 Å². The highest BCUT2D eigenvalue weighted by Crippen LogP contribution is 2.32. The van der Waals surface area contributed by atoms with Gasteiger partial charge in [-0.1, -0.05) is 18.2 Å².